The molecule has 0 aliphatic carbocycles. The molecule has 2 N–H and O–H groups in total. The van der Waals surface area contributed by atoms with E-state index in [1.165, 1.54) is 13.8 Å². The SMILES string of the molecule is CC(=CCC(C=C(C)C(=O)O)c1ccccc1)C(=O)O. The van der Waals surface area contributed by atoms with Gasteiger partial charge in [-0.25, -0.2) is 9.59 Å². The van der Waals surface area contributed by atoms with Crippen LogP contribution in [0.3, 0.4) is 0 Å². The zero-order valence-corrected chi connectivity index (χ0v) is 11.5. The summed E-state index contributed by atoms with van der Waals surface area (Å²) in [4.78, 5) is 21.7. The van der Waals surface area contributed by atoms with Crippen LogP contribution in [0.1, 0.15) is 31.7 Å². The van der Waals surface area contributed by atoms with E-state index in [-0.39, 0.29) is 17.1 Å². The summed E-state index contributed by atoms with van der Waals surface area (Å²) in [6.45, 7) is 3.06. The van der Waals surface area contributed by atoms with E-state index in [1.54, 1.807) is 12.2 Å². The van der Waals surface area contributed by atoms with Gasteiger partial charge in [0.05, 0.1) is 0 Å². The van der Waals surface area contributed by atoms with Gasteiger partial charge in [-0.15, -0.1) is 0 Å². The van der Waals surface area contributed by atoms with Crippen LogP contribution in [0.15, 0.2) is 53.6 Å². The van der Waals surface area contributed by atoms with Crippen LogP contribution in [0.25, 0.3) is 0 Å². The van der Waals surface area contributed by atoms with Crippen molar-refractivity contribution in [1.29, 1.82) is 0 Å². The van der Waals surface area contributed by atoms with Gasteiger partial charge in [0.1, 0.15) is 0 Å². The average molecular weight is 274 g/mol. The van der Waals surface area contributed by atoms with Crippen LogP contribution in [0, 0.1) is 0 Å². The highest BCUT2D eigenvalue weighted by Gasteiger charge is 2.11. The largest absolute Gasteiger partial charge is 0.478 e. The molecule has 0 aromatic heterocycles. The first-order chi connectivity index (χ1) is 9.41. The highest BCUT2D eigenvalue weighted by Crippen LogP contribution is 2.24. The maximum Gasteiger partial charge on any atom is 0.330 e. The van der Waals surface area contributed by atoms with E-state index in [0.29, 0.717) is 6.42 Å². The summed E-state index contributed by atoms with van der Waals surface area (Å²) in [5.74, 6) is -2.08. The molecule has 0 saturated heterocycles. The molecule has 106 valence electrons. The van der Waals surface area contributed by atoms with E-state index in [9.17, 15) is 9.59 Å². The molecule has 0 aliphatic rings. The molecule has 1 unspecified atom stereocenters. The van der Waals surface area contributed by atoms with Gasteiger partial charge < -0.3 is 10.2 Å². The van der Waals surface area contributed by atoms with Crippen molar-refractivity contribution in [3.8, 4) is 0 Å². The molecule has 4 heteroatoms. The fraction of sp³-hybridized carbons (Fsp3) is 0.250. The van der Waals surface area contributed by atoms with Gasteiger partial charge in [0.2, 0.25) is 0 Å². The summed E-state index contributed by atoms with van der Waals surface area (Å²) in [6.07, 6.45) is 3.72. The third-order valence-electron chi connectivity index (χ3n) is 3.03. The van der Waals surface area contributed by atoms with Crippen LogP contribution in [0.2, 0.25) is 0 Å². The third-order valence-corrected chi connectivity index (χ3v) is 3.03. The summed E-state index contributed by atoms with van der Waals surface area (Å²) < 4.78 is 0. The molecule has 0 spiro atoms. The molecule has 4 nitrogen and oxygen atoms in total. The predicted octanol–water partition coefficient (Wildman–Crippen LogP) is 3.22. The Kier molecular flexibility index (Phi) is 5.72. The van der Waals surface area contributed by atoms with Crippen molar-refractivity contribution < 1.29 is 19.8 Å². The Labute approximate surface area is 118 Å². The lowest BCUT2D eigenvalue weighted by Gasteiger charge is -2.12. The summed E-state index contributed by atoms with van der Waals surface area (Å²) in [5.41, 5.74) is 1.47. The first kappa shape index (κ1) is 15.7. The fourth-order valence-corrected chi connectivity index (χ4v) is 1.76. The van der Waals surface area contributed by atoms with Gasteiger partial charge in [-0.2, -0.15) is 0 Å². The summed E-state index contributed by atoms with van der Waals surface area (Å²) >= 11 is 0. The average Bonchev–Trinajstić information content (AvgIpc) is 2.43. The van der Waals surface area contributed by atoms with Crippen LogP contribution in [0.5, 0.6) is 0 Å². The minimum absolute atomic E-state index is 0.151. The molecule has 0 heterocycles. The van der Waals surface area contributed by atoms with Gasteiger partial charge in [0.25, 0.3) is 0 Å². The van der Waals surface area contributed by atoms with Crippen LogP contribution in [0.4, 0.5) is 0 Å². The Bertz CT molecular complexity index is 541. The van der Waals surface area contributed by atoms with E-state index in [1.807, 2.05) is 30.3 Å². The first-order valence-electron chi connectivity index (χ1n) is 6.28. The van der Waals surface area contributed by atoms with Gasteiger partial charge in [0.15, 0.2) is 0 Å². The predicted molar refractivity (Wildman–Crippen MR) is 76.6 cm³/mol. The minimum Gasteiger partial charge on any atom is -0.478 e. The normalized spacial score (nSPS) is 13.9. The molecule has 0 bridgehead atoms. The number of aliphatic carboxylic acids is 2. The maximum atomic E-state index is 10.9. The highest BCUT2D eigenvalue weighted by atomic mass is 16.4. The van der Waals surface area contributed by atoms with Crippen molar-refractivity contribution in [1.82, 2.24) is 0 Å². The number of hydrogen-bond acceptors (Lipinski definition) is 2. The Morgan fingerprint density at radius 2 is 1.60 bits per heavy atom. The second-order valence-electron chi connectivity index (χ2n) is 4.60. The van der Waals surface area contributed by atoms with Crippen molar-refractivity contribution >= 4 is 11.9 Å². The molecule has 0 radical (unpaired) electrons. The Morgan fingerprint density at radius 3 is 2.10 bits per heavy atom. The number of benzene rings is 1. The van der Waals surface area contributed by atoms with Crippen molar-refractivity contribution in [3.05, 3.63) is 59.2 Å². The van der Waals surface area contributed by atoms with E-state index in [0.717, 1.165) is 5.56 Å². The van der Waals surface area contributed by atoms with E-state index >= 15 is 0 Å². The zero-order valence-electron chi connectivity index (χ0n) is 11.5. The number of carbonyl (C=O) groups is 2. The Morgan fingerprint density at radius 1 is 1.05 bits per heavy atom. The number of carboxylic acids is 2. The molecule has 1 atom stereocenters. The Hall–Kier alpha value is -2.36. The van der Waals surface area contributed by atoms with Gasteiger partial charge in [-0.3, -0.25) is 0 Å². The fourth-order valence-electron chi connectivity index (χ4n) is 1.76. The van der Waals surface area contributed by atoms with E-state index in [4.69, 9.17) is 10.2 Å². The van der Waals surface area contributed by atoms with Gasteiger partial charge >= 0.3 is 11.9 Å². The summed E-state index contributed by atoms with van der Waals surface area (Å²) in [5, 5.41) is 17.8. The standard InChI is InChI=1S/C16H18O4/c1-11(15(17)18)8-9-14(10-12(2)16(19)20)13-6-4-3-5-7-13/h3-8,10,14H,9H2,1-2H3,(H,17,18)(H,19,20). The number of allylic oxidation sites excluding steroid dienone is 2. The summed E-state index contributed by atoms with van der Waals surface area (Å²) in [7, 11) is 0. The molecular weight excluding hydrogens is 256 g/mol. The highest BCUT2D eigenvalue weighted by molar-refractivity contribution is 5.86. The lowest BCUT2D eigenvalue weighted by molar-refractivity contribution is -0.133. The molecule has 1 aromatic carbocycles. The minimum atomic E-state index is -0.968. The monoisotopic (exact) mass is 274 g/mol. The molecule has 1 aromatic rings. The molecular formula is C16H18O4. The quantitative estimate of drug-likeness (QED) is 0.781. The lowest BCUT2D eigenvalue weighted by Crippen LogP contribution is -2.02. The van der Waals surface area contributed by atoms with Crippen molar-refractivity contribution in [2.75, 3.05) is 0 Å². The van der Waals surface area contributed by atoms with Crippen molar-refractivity contribution in [2.45, 2.75) is 26.2 Å². The van der Waals surface area contributed by atoms with Gasteiger partial charge in [-0.1, -0.05) is 42.5 Å². The van der Waals surface area contributed by atoms with E-state index in [2.05, 4.69) is 0 Å². The molecule has 0 saturated carbocycles. The maximum absolute atomic E-state index is 10.9. The molecule has 0 amide bonds. The van der Waals surface area contributed by atoms with Gasteiger partial charge in [0, 0.05) is 17.1 Å². The van der Waals surface area contributed by atoms with Crippen LogP contribution in [-0.4, -0.2) is 22.2 Å². The zero-order chi connectivity index (χ0) is 15.1. The van der Waals surface area contributed by atoms with Crippen molar-refractivity contribution in [3.63, 3.8) is 0 Å². The first-order valence-corrected chi connectivity index (χ1v) is 6.28. The Balaban J connectivity index is 3.03. The second kappa shape index (κ2) is 7.28. The van der Waals surface area contributed by atoms with Crippen LogP contribution < -0.4 is 0 Å². The molecule has 0 aliphatic heterocycles. The smallest absolute Gasteiger partial charge is 0.330 e. The number of hydrogen-bond donors (Lipinski definition) is 2. The third kappa shape index (κ3) is 4.72. The second-order valence-corrected chi connectivity index (χ2v) is 4.60. The molecule has 0 fully saturated rings. The molecule has 20 heavy (non-hydrogen) atoms. The number of rotatable bonds is 6. The summed E-state index contributed by atoms with van der Waals surface area (Å²) in [6, 6.07) is 9.44. The molecule has 1 rings (SSSR count). The number of carboxylic acid groups (broad SMARTS) is 2. The van der Waals surface area contributed by atoms with Gasteiger partial charge in [-0.05, 0) is 25.8 Å². The lowest BCUT2D eigenvalue weighted by atomic mass is 9.92. The van der Waals surface area contributed by atoms with Crippen LogP contribution >= 0.6 is 0 Å². The van der Waals surface area contributed by atoms with E-state index < -0.39 is 11.9 Å². The topological polar surface area (TPSA) is 74.6 Å². The van der Waals surface area contributed by atoms with Crippen molar-refractivity contribution in [2.24, 2.45) is 0 Å². The van der Waals surface area contributed by atoms with Crippen LogP contribution in [-0.2, 0) is 9.59 Å².